The third-order valence-corrected chi connectivity index (χ3v) is 6.29. The van der Waals surface area contributed by atoms with Gasteiger partial charge >= 0.3 is 0 Å². The molecule has 0 atom stereocenters. The lowest BCUT2D eigenvalue weighted by molar-refractivity contribution is -0.116. The summed E-state index contributed by atoms with van der Waals surface area (Å²) in [5.41, 5.74) is 3.19. The van der Waals surface area contributed by atoms with Gasteiger partial charge in [-0.1, -0.05) is 72.0 Å². The van der Waals surface area contributed by atoms with E-state index in [2.05, 4.69) is 53.0 Å². The van der Waals surface area contributed by atoms with Crippen LogP contribution >= 0.6 is 23.1 Å². The Bertz CT molecular complexity index is 1040. The number of thiazole rings is 1. The standard InChI is InChI=1S/C23H20N2OS2/c1-27-18-12-13-20-21(14-18)28-23(24-20)25-22(26)15-19(16-8-4-2-5-9-16)17-10-6-3-7-11-17/h2-14,19H,15H2,1H3,(H,24,25,26). The quantitative estimate of drug-likeness (QED) is 0.390. The lowest BCUT2D eigenvalue weighted by Gasteiger charge is -2.17. The van der Waals surface area contributed by atoms with E-state index in [1.165, 1.54) is 16.2 Å². The van der Waals surface area contributed by atoms with Crippen LogP contribution in [0.4, 0.5) is 5.13 Å². The molecule has 0 saturated carbocycles. The van der Waals surface area contributed by atoms with Gasteiger partial charge < -0.3 is 5.32 Å². The molecule has 0 fully saturated rings. The van der Waals surface area contributed by atoms with E-state index in [0.717, 1.165) is 21.3 Å². The van der Waals surface area contributed by atoms with Crippen LogP contribution in [0, 0.1) is 0 Å². The van der Waals surface area contributed by atoms with E-state index >= 15 is 0 Å². The van der Waals surface area contributed by atoms with Crippen molar-refractivity contribution in [2.24, 2.45) is 0 Å². The zero-order chi connectivity index (χ0) is 19.3. The third-order valence-electron chi connectivity index (χ3n) is 4.64. The van der Waals surface area contributed by atoms with Crippen LogP contribution in [-0.2, 0) is 4.79 Å². The summed E-state index contributed by atoms with van der Waals surface area (Å²) in [5, 5.41) is 3.65. The molecule has 3 aromatic carbocycles. The van der Waals surface area contributed by atoms with E-state index in [4.69, 9.17) is 0 Å². The maximum atomic E-state index is 12.8. The van der Waals surface area contributed by atoms with Crippen molar-refractivity contribution in [1.82, 2.24) is 4.98 Å². The Hall–Kier alpha value is -2.63. The van der Waals surface area contributed by atoms with Gasteiger partial charge in [-0.25, -0.2) is 4.98 Å². The molecule has 1 aromatic heterocycles. The Labute approximate surface area is 172 Å². The highest BCUT2D eigenvalue weighted by Gasteiger charge is 2.19. The molecule has 4 rings (SSSR count). The van der Waals surface area contributed by atoms with Gasteiger partial charge in [0.15, 0.2) is 5.13 Å². The molecule has 140 valence electrons. The Kier molecular flexibility index (Phi) is 5.74. The summed E-state index contributed by atoms with van der Waals surface area (Å²) in [6, 6.07) is 26.5. The molecule has 0 bridgehead atoms. The van der Waals surface area contributed by atoms with Crippen LogP contribution in [-0.4, -0.2) is 17.1 Å². The maximum Gasteiger partial charge on any atom is 0.227 e. The molecular formula is C23H20N2OS2. The zero-order valence-corrected chi connectivity index (χ0v) is 17.1. The predicted molar refractivity (Wildman–Crippen MR) is 119 cm³/mol. The molecule has 1 N–H and O–H groups in total. The van der Waals surface area contributed by atoms with Crippen molar-refractivity contribution in [2.45, 2.75) is 17.2 Å². The first-order valence-electron chi connectivity index (χ1n) is 9.07. The minimum Gasteiger partial charge on any atom is -0.302 e. The van der Waals surface area contributed by atoms with Crippen LogP contribution in [0.5, 0.6) is 0 Å². The number of nitrogens with one attached hydrogen (secondary N) is 1. The van der Waals surface area contributed by atoms with Crippen LogP contribution in [0.2, 0.25) is 0 Å². The monoisotopic (exact) mass is 404 g/mol. The van der Waals surface area contributed by atoms with Crippen LogP contribution in [0.3, 0.4) is 0 Å². The SMILES string of the molecule is CSc1ccc2nc(NC(=O)CC(c3ccccc3)c3ccccc3)sc2c1. The molecule has 4 aromatic rings. The number of aromatic nitrogens is 1. The molecule has 0 unspecified atom stereocenters. The molecule has 0 saturated heterocycles. The first kappa shape index (κ1) is 18.7. The molecule has 1 heterocycles. The number of fused-ring (bicyclic) bond motifs is 1. The normalized spacial score (nSPS) is 11.1. The molecule has 1 amide bonds. The predicted octanol–water partition coefficient (Wildman–Crippen LogP) is 6.18. The van der Waals surface area contributed by atoms with E-state index in [-0.39, 0.29) is 11.8 Å². The van der Waals surface area contributed by atoms with E-state index in [1.807, 2.05) is 42.5 Å². The van der Waals surface area contributed by atoms with Gasteiger partial charge in [-0.05, 0) is 35.6 Å². The van der Waals surface area contributed by atoms with E-state index in [1.54, 1.807) is 11.8 Å². The summed E-state index contributed by atoms with van der Waals surface area (Å²) in [7, 11) is 0. The average Bonchev–Trinajstić information content (AvgIpc) is 3.14. The number of amides is 1. The summed E-state index contributed by atoms with van der Waals surface area (Å²) in [5.74, 6) is -0.0123. The van der Waals surface area contributed by atoms with Gasteiger partial charge in [-0.3, -0.25) is 4.79 Å². The average molecular weight is 405 g/mol. The Balaban J connectivity index is 1.55. The number of benzene rings is 3. The number of hydrogen-bond acceptors (Lipinski definition) is 4. The van der Waals surface area contributed by atoms with E-state index in [0.29, 0.717) is 11.6 Å². The van der Waals surface area contributed by atoms with Crippen LogP contribution in [0.25, 0.3) is 10.2 Å². The van der Waals surface area contributed by atoms with Crippen molar-refractivity contribution >= 4 is 44.4 Å². The summed E-state index contributed by atoms with van der Waals surface area (Å²) in [6.07, 6.45) is 2.43. The number of carbonyl (C=O) groups is 1. The van der Waals surface area contributed by atoms with Crippen LogP contribution in [0.15, 0.2) is 83.8 Å². The largest absolute Gasteiger partial charge is 0.302 e. The number of nitrogens with zero attached hydrogens (tertiary/aromatic N) is 1. The number of thioether (sulfide) groups is 1. The zero-order valence-electron chi connectivity index (χ0n) is 15.5. The minimum atomic E-state index is -0.0261. The van der Waals surface area contributed by atoms with Gasteiger partial charge in [0.2, 0.25) is 5.91 Å². The number of rotatable bonds is 6. The molecule has 3 nitrogen and oxygen atoms in total. The van der Waals surface area contributed by atoms with Crippen molar-refractivity contribution in [1.29, 1.82) is 0 Å². The lowest BCUT2D eigenvalue weighted by atomic mass is 9.88. The fraction of sp³-hybridized carbons (Fsp3) is 0.130. The Morgan fingerprint density at radius 3 is 2.25 bits per heavy atom. The summed E-state index contributed by atoms with van der Waals surface area (Å²) in [6.45, 7) is 0. The van der Waals surface area contributed by atoms with E-state index in [9.17, 15) is 4.79 Å². The number of anilines is 1. The second-order valence-electron chi connectivity index (χ2n) is 6.48. The first-order chi connectivity index (χ1) is 13.7. The van der Waals surface area contributed by atoms with Gasteiger partial charge in [-0.2, -0.15) is 0 Å². The summed E-state index contributed by atoms with van der Waals surface area (Å²) in [4.78, 5) is 18.6. The molecule has 0 aliphatic carbocycles. The fourth-order valence-corrected chi connectivity index (χ4v) is 4.68. The Morgan fingerprint density at radius 2 is 1.64 bits per heavy atom. The molecule has 0 radical (unpaired) electrons. The van der Waals surface area contributed by atoms with Gasteiger partial charge in [0.05, 0.1) is 10.2 Å². The van der Waals surface area contributed by atoms with Gasteiger partial charge in [0, 0.05) is 17.2 Å². The second-order valence-corrected chi connectivity index (χ2v) is 8.39. The second kappa shape index (κ2) is 8.59. The number of hydrogen-bond donors (Lipinski definition) is 1. The smallest absolute Gasteiger partial charge is 0.227 e. The highest BCUT2D eigenvalue weighted by Crippen LogP contribution is 2.31. The van der Waals surface area contributed by atoms with Crippen molar-refractivity contribution in [3.05, 3.63) is 90.0 Å². The Morgan fingerprint density at radius 1 is 1.00 bits per heavy atom. The molecular weight excluding hydrogens is 384 g/mol. The number of carbonyl (C=O) groups excluding carboxylic acids is 1. The fourth-order valence-electron chi connectivity index (χ4n) is 3.24. The molecule has 28 heavy (non-hydrogen) atoms. The van der Waals surface area contributed by atoms with Crippen molar-refractivity contribution < 1.29 is 4.79 Å². The summed E-state index contributed by atoms with van der Waals surface area (Å²) < 4.78 is 1.09. The van der Waals surface area contributed by atoms with Crippen molar-refractivity contribution in [2.75, 3.05) is 11.6 Å². The van der Waals surface area contributed by atoms with E-state index < -0.39 is 0 Å². The van der Waals surface area contributed by atoms with Gasteiger partial charge in [0.1, 0.15) is 0 Å². The van der Waals surface area contributed by atoms with Crippen LogP contribution < -0.4 is 5.32 Å². The summed E-state index contributed by atoms with van der Waals surface area (Å²) >= 11 is 3.22. The van der Waals surface area contributed by atoms with Gasteiger partial charge in [0.25, 0.3) is 0 Å². The molecule has 0 aliphatic rings. The molecule has 0 aliphatic heterocycles. The highest BCUT2D eigenvalue weighted by atomic mass is 32.2. The maximum absolute atomic E-state index is 12.8. The lowest BCUT2D eigenvalue weighted by Crippen LogP contribution is -2.16. The first-order valence-corrected chi connectivity index (χ1v) is 11.1. The minimum absolute atomic E-state index is 0.0138. The van der Waals surface area contributed by atoms with Crippen molar-refractivity contribution in [3.63, 3.8) is 0 Å². The topological polar surface area (TPSA) is 42.0 Å². The molecule has 0 spiro atoms. The highest BCUT2D eigenvalue weighted by molar-refractivity contribution is 7.98. The third kappa shape index (κ3) is 4.26. The molecule has 5 heteroatoms. The van der Waals surface area contributed by atoms with Gasteiger partial charge in [-0.15, -0.1) is 11.8 Å². The van der Waals surface area contributed by atoms with Crippen molar-refractivity contribution in [3.8, 4) is 0 Å². The van der Waals surface area contributed by atoms with Crippen LogP contribution in [0.1, 0.15) is 23.5 Å².